The van der Waals surface area contributed by atoms with Gasteiger partial charge in [-0.1, -0.05) is 0 Å². The third-order valence-electron chi connectivity index (χ3n) is 0. The summed E-state index contributed by atoms with van der Waals surface area (Å²) in [5.41, 5.74) is 0. The second kappa shape index (κ2) is 4.14. The molecule has 0 heterocycles. The molecular formula is H8O6Si. The molecular weight excluding hydrogens is 124 g/mol. The van der Waals surface area contributed by atoms with Gasteiger partial charge in [0.05, 0.1) is 0 Å². The Balaban J connectivity index is -0.0000000800. The molecule has 0 spiro atoms. The normalized spacial score (nSPS) is 8.57. The van der Waals surface area contributed by atoms with Gasteiger partial charge in [0.25, 0.3) is 0 Å². The van der Waals surface area contributed by atoms with Crippen molar-refractivity contribution < 1.29 is 30.1 Å². The predicted molar refractivity (Wildman–Crippen MR) is 21.9 cm³/mol. The van der Waals surface area contributed by atoms with Crippen molar-refractivity contribution in [2.24, 2.45) is 0 Å². The number of hydrogen-bond donors (Lipinski definition) is 4. The van der Waals surface area contributed by atoms with E-state index in [1.54, 1.807) is 0 Å². The van der Waals surface area contributed by atoms with Crippen LogP contribution in [-0.4, -0.2) is 39.2 Å². The van der Waals surface area contributed by atoms with Crippen molar-refractivity contribution in [1.82, 2.24) is 0 Å². The molecule has 48 valence electrons. The fourth-order valence-corrected chi connectivity index (χ4v) is 0. The minimum Gasteiger partial charge on any atom is -0.412 e. The van der Waals surface area contributed by atoms with Gasteiger partial charge in [0.15, 0.2) is 0 Å². The first-order chi connectivity index (χ1) is 2.00. The highest BCUT2D eigenvalue weighted by atomic mass is 28.4. The minimum atomic E-state index is -4.61. The first kappa shape index (κ1) is 15.8. The summed E-state index contributed by atoms with van der Waals surface area (Å²) in [7, 11) is -4.61. The van der Waals surface area contributed by atoms with Crippen LogP contribution in [0.1, 0.15) is 0 Å². The highest BCUT2D eigenvalue weighted by Gasteiger charge is 2.22. The Morgan fingerprint density at radius 2 is 0.714 bits per heavy atom. The monoisotopic (exact) mass is 132 g/mol. The van der Waals surface area contributed by atoms with Gasteiger partial charge in [0, 0.05) is 0 Å². The fourth-order valence-electron chi connectivity index (χ4n) is 0. The average molecular weight is 132 g/mol. The summed E-state index contributed by atoms with van der Waals surface area (Å²) >= 11 is 0. The first-order valence-corrected chi connectivity index (χ1v) is 2.68. The molecule has 8 N–H and O–H groups in total. The van der Waals surface area contributed by atoms with Crippen molar-refractivity contribution in [3.8, 4) is 0 Å². The van der Waals surface area contributed by atoms with Gasteiger partial charge in [0.2, 0.25) is 0 Å². The Morgan fingerprint density at radius 1 is 0.714 bits per heavy atom. The Labute approximate surface area is 40.4 Å². The molecule has 0 saturated carbocycles. The molecule has 6 nitrogen and oxygen atoms in total. The van der Waals surface area contributed by atoms with Crippen LogP contribution < -0.4 is 0 Å². The van der Waals surface area contributed by atoms with Gasteiger partial charge in [0.1, 0.15) is 0 Å². The molecule has 0 saturated heterocycles. The molecule has 0 radical (unpaired) electrons. The van der Waals surface area contributed by atoms with Gasteiger partial charge in [-0.2, -0.15) is 0 Å². The van der Waals surface area contributed by atoms with E-state index in [2.05, 4.69) is 0 Å². The van der Waals surface area contributed by atoms with Gasteiger partial charge in [-0.25, -0.2) is 0 Å². The van der Waals surface area contributed by atoms with Gasteiger partial charge < -0.3 is 30.1 Å². The number of rotatable bonds is 0. The van der Waals surface area contributed by atoms with Crippen LogP contribution in [-0.2, 0) is 0 Å². The molecule has 0 bridgehead atoms. The molecule has 0 atom stereocenters. The standard InChI is InChI=1S/H4O4Si.2H2O/c1-5(2,3)4;;/h1-4H;2*1H2. The maximum Gasteiger partial charge on any atom is 0.668 e. The van der Waals surface area contributed by atoms with E-state index in [4.69, 9.17) is 19.2 Å². The van der Waals surface area contributed by atoms with E-state index in [1.807, 2.05) is 0 Å². The molecule has 0 fully saturated rings. The Morgan fingerprint density at radius 3 is 0.714 bits per heavy atom. The average Bonchev–Trinajstić information content (AvgIpc) is 0.722. The lowest BCUT2D eigenvalue weighted by molar-refractivity contribution is 0.117. The second-order valence-electron chi connectivity index (χ2n) is 0.600. The van der Waals surface area contributed by atoms with Crippen LogP contribution in [0, 0.1) is 0 Å². The van der Waals surface area contributed by atoms with E-state index in [0.717, 1.165) is 0 Å². The van der Waals surface area contributed by atoms with Crippen LogP contribution in [0.25, 0.3) is 0 Å². The van der Waals surface area contributed by atoms with Gasteiger partial charge in [-0.05, 0) is 0 Å². The summed E-state index contributed by atoms with van der Waals surface area (Å²) < 4.78 is 0. The Hall–Kier alpha value is -0.0231. The van der Waals surface area contributed by atoms with Crippen LogP contribution in [0.2, 0.25) is 0 Å². The predicted octanol–water partition coefficient (Wildman–Crippen LogP) is -4.26. The van der Waals surface area contributed by atoms with Crippen molar-refractivity contribution in [3.63, 3.8) is 0 Å². The molecule has 7 heavy (non-hydrogen) atoms. The maximum absolute atomic E-state index is 7.33. The lowest BCUT2D eigenvalue weighted by Gasteiger charge is -1.91. The van der Waals surface area contributed by atoms with E-state index in [0.29, 0.717) is 0 Å². The third kappa shape index (κ3) is 177000. The molecule has 0 amide bonds. The molecule has 7 heteroatoms. The quantitative estimate of drug-likeness (QED) is 0.247. The van der Waals surface area contributed by atoms with Crippen LogP contribution in [0.5, 0.6) is 0 Å². The van der Waals surface area contributed by atoms with Crippen molar-refractivity contribution in [2.75, 3.05) is 0 Å². The van der Waals surface area contributed by atoms with E-state index >= 15 is 0 Å². The Bertz CT molecular complexity index is 19.7. The van der Waals surface area contributed by atoms with Crippen molar-refractivity contribution in [1.29, 1.82) is 0 Å². The molecule has 0 aliphatic rings. The molecule has 0 aliphatic heterocycles. The summed E-state index contributed by atoms with van der Waals surface area (Å²) in [6.45, 7) is 0. The molecule has 0 unspecified atom stereocenters. The SMILES string of the molecule is O.O.O[Si](O)(O)O. The summed E-state index contributed by atoms with van der Waals surface area (Å²) in [5.74, 6) is 0. The summed E-state index contributed by atoms with van der Waals surface area (Å²) in [6, 6.07) is 0. The van der Waals surface area contributed by atoms with Crippen LogP contribution >= 0.6 is 0 Å². The Kier molecular flexibility index (Phi) is 9.33. The summed E-state index contributed by atoms with van der Waals surface area (Å²) in [5, 5.41) is 0. The molecule has 0 rings (SSSR count). The first-order valence-electron chi connectivity index (χ1n) is 0.894. The van der Waals surface area contributed by atoms with Crippen LogP contribution in [0.3, 0.4) is 0 Å². The van der Waals surface area contributed by atoms with Crippen molar-refractivity contribution in [3.05, 3.63) is 0 Å². The van der Waals surface area contributed by atoms with Crippen LogP contribution in [0.4, 0.5) is 0 Å². The van der Waals surface area contributed by atoms with E-state index < -0.39 is 9.05 Å². The fraction of sp³-hybridized carbons (Fsp3) is 0. The summed E-state index contributed by atoms with van der Waals surface area (Å²) in [6.07, 6.45) is 0. The second-order valence-corrected chi connectivity index (χ2v) is 1.80. The van der Waals surface area contributed by atoms with E-state index in [-0.39, 0.29) is 11.0 Å². The van der Waals surface area contributed by atoms with Gasteiger partial charge in [-0.15, -0.1) is 0 Å². The zero-order valence-corrected chi connectivity index (χ0v) is 4.29. The molecule has 0 aliphatic carbocycles. The lowest BCUT2D eigenvalue weighted by atomic mass is 15.7. The number of hydrogen-bond acceptors (Lipinski definition) is 4. The van der Waals surface area contributed by atoms with Crippen molar-refractivity contribution >= 4 is 9.05 Å². The molecule has 0 aromatic rings. The maximum atomic E-state index is 7.33. The van der Waals surface area contributed by atoms with E-state index in [9.17, 15) is 0 Å². The third-order valence-corrected chi connectivity index (χ3v) is 0. The molecule has 0 aromatic carbocycles. The smallest absolute Gasteiger partial charge is 0.412 e. The van der Waals surface area contributed by atoms with Gasteiger partial charge in [-0.3, -0.25) is 0 Å². The topological polar surface area (TPSA) is 144 Å². The summed E-state index contributed by atoms with van der Waals surface area (Å²) in [4.78, 5) is 29.3. The van der Waals surface area contributed by atoms with E-state index in [1.165, 1.54) is 0 Å². The van der Waals surface area contributed by atoms with Crippen LogP contribution in [0.15, 0.2) is 0 Å². The zero-order chi connectivity index (χ0) is 4.50. The highest BCUT2D eigenvalue weighted by Crippen LogP contribution is 1.67. The van der Waals surface area contributed by atoms with Gasteiger partial charge >= 0.3 is 9.05 Å². The lowest BCUT2D eigenvalue weighted by Crippen LogP contribution is -2.33. The zero-order valence-electron chi connectivity index (χ0n) is 3.29. The molecule has 0 aromatic heterocycles. The van der Waals surface area contributed by atoms with Crippen molar-refractivity contribution in [2.45, 2.75) is 0 Å². The largest absolute Gasteiger partial charge is 0.668 e. The minimum absolute atomic E-state index is 0. The highest BCUT2D eigenvalue weighted by molar-refractivity contribution is 6.46.